The highest BCUT2D eigenvalue weighted by atomic mass is 32.2. The molecule has 1 heterocycles. The van der Waals surface area contributed by atoms with Crippen LogP contribution < -0.4 is 14.8 Å². The fraction of sp³-hybridized carbons (Fsp3) is 1.00. The van der Waals surface area contributed by atoms with Crippen LogP contribution in [0.15, 0.2) is 0 Å². The van der Waals surface area contributed by atoms with Crippen LogP contribution in [0.2, 0.25) is 0 Å². The number of hydrogen-bond donors (Lipinski definition) is 4. The second kappa shape index (κ2) is 5.83. The lowest BCUT2D eigenvalue weighted by atomic mass is 9.74. The Bertz CT molecular complexity index is 368. The van der Waals surface area contributed by atoms with Crippen molar-refractivity contribution in [3.63, 3.8) is 0 Å². The van der Waals surface area contributed by atoms with Crippen LogP contribution in [0.25, 0.3) is 0 Å². The van der Waals surface area contributed by atoms with Gasteiger partial charge in [0.2, 0.25) is 0 Å². The van der Waals surface area contributed by atoms with Crippen LogP contribution in [-0.4, -0.2) is 38.9 Å². The van der Waals surface area contributed by atoms with Gasteiger partial charge in [0.1, 0.15) is 6.23 Å². The van der Waals surface area contributed by atoms with Gasteiger partial charge in [-0.25, -0.2) is 4.72 Å². The summed E-state index contributed by atoms with van der Waals surface area (Å²) in [4.78, 5) is 0. The van der Waals surface area contributed by atoms with E-state index in [2.05, 4.69) is 21.7 Å². The van der Waals surface area contributed by atoms with Crippen LogP contribution >= 0.6 is 0 Å². The maximum atomic E-state index is 11.8. The Balaban J connectivity index is 1.71. The fourth-order valence-corrected chi connectivity index (χ4v) is 3.84. The minimum Gasteiger partial charge on any atom is -0.377 e. The summed E-state index contributed by atoms with van der Waals surface area (Å²) in [7, 11) is -3.49. The minimum atomic E-state index is -3.49. The summed E-state index contributed by atoms with van der Waals surface area (Å²) in [5.74, 6) is 1.24. The SMILES string of the molecule is CC[C@H]1C[C@H](CNS(=O)(=O)N[C@@H]2CCNC2O)C1. The first-order valence-corrected chi connectivity index (χ1v) is 8.17. The third-order valence-corrected chi connectivity index (χ3v) is 5.13. The molecule has 0 aromatic rings. The van der Waals surface area contributed by atoms with Gasteiger partial charge in [0.15, 0.2) is 0 Å². The molecule has 2 atom stereocenters. The zero-order chi connectivity index (χ0) is 13.2. The molecule has 1 saturated heterocycles. The zero-order valence-corrected chi connectivity index (χ0v) is 11.5. The lowest BCUT2D eigenvalue weighted by Gasteiger charge is -2.34. The highest BCUT2D eigenvalue weighted by Gasteiger charge is 2.31. The molecule has 0 aromatic carbocycles. The second-order valence-corrected chi connectivity index (χ2v) is 6.91. The molecular formula is C11H23N3O3S. The average Bonchev–Trinajstić information content (AvgIpc) is 2.62. The minimum absolute atomic E-state index is 0.424. The van der Waals surface area contributed by atoms with E-state index in [1.165, 1.54) is 6.42 Å². The number of rotatable bonds is 6. The van der Waals surface area contributed by atoms with Gasteiger partial charge in [-0.2, -0.15) is 13.1 Å². The van der Waals surface area contributed by atoms with Crippen LogP contribution in [0.1, 0.15) is 32.6 Å². The Labute approximate surface area is 109 Å². The van der Waals surface area contributed by atoms with Crippen molar-refractivity contribution < 1.29 is 13.5 Å². The summed E-state index contributed by atoms with van der Waals surface area (Å²) in [6.07, 6.45) is 3.25. The van der Waals surface area contributed by atoms with Crippen molar-refractivity contribution in [2.24, 2.45) is 11.8 Å². The van der Waals surface area contributed by atoms with Crippen molar-refractivity contribution in [2.45, 2.75) is 44.9 Å². The molecule has 2 rings (SSSR count). The molecule has 6 nitrogen and oxygen atoms in total. The normalized spacial score (nSPS) is 36.6. The maximum absolute atomic E-state index is 11.8. The Morgan fingerprint density at radius 2 is 2.06 bits per heavy atom. The summed E-state index contributed by atoms with van der Waals surface area (Å²) in [6.45, 7) is 3.30. The van der Waals surface area contributed by atoms with E-state index in [-0.39, 0.29) is 0 Å². The van der Waals surface area contributed by atoms with Gasteiger partial charge in [-0.05, 0) is 37.6 Å². The van der Waals surface area contributed by atoms with E-state index in [1.807, 2.05) is 0 Å². The number of hydrogen-bond acceptors (Lipinski definition) is 4. The van der Waals surface area contributed by atoms with Crippen molar-refractivity contribution in [3.8, 4) is 0 Å². The van der Waals surface area contributed by atoms with Gasteiger partial charge in [-0.1, -0.05) is 13.3 Å². The lowest BCUT2D eigenvalue weighted by molar-refractivity contribution is 0.137. The van der Waals surface area contributed by atoms with Crippen LogP contribution in [-0.2, 0) is 10.2 Å². The average molecular weight is 277 g/mol. The quantitative estimate of drug-likeness (QED) is 0.528. The Morgan fingerprint density at radius 3 is 2.61 bits per heavy atom. The van der Waals surface area contributed by atoms with E-state index >= 15 is 0 Å². The first-order valence-electron chi connectivity index (χ1n) is 6.68. The lowest BCUT2D eigenvalue weighted by Crippen LogP contribution is -2.49. The number of aliphatic hydroxyl groups excluding tert-OH is 1. The summed E-state index contributed by atoms with van der Waals surface area (Å²) >= 11 is 0. The summed E-state index contributed by atoms with van der Waals surface area (Å²) in [5, 5.41) is 12.3. The monoisotopic (exact) mass is 277 g/mol. The summed E-state index contributed by atoms with van der Waals surface area (Å²) in [5.41, 5.74) is 0. The zero-order valence-electron chi connectivity index (χ0n) is 10.7. The second-order valence-electron chi connectivity index (χ2n) is 5.38. The molecule has 18 heavy (non-hydrogen) atoms. The number of aliphatic hydroxyl groups is 1. The first-order chi connectivity index (χ1) is 8.50. The van der Waals surface area contributed by atoms with Gasteiger partial charge in [0.05, 0.1) is 6.04 Å². The van der Waals surface area contributed by atoms with Crippen LogP contribution in [0, 0.1) is 11.8 Å². The van der Waals surface area contributed by atoms with E-state index < -0.39 is 22.5 Å². The van der Waals surface area contributed by atoms with Gasteiger partial charge < -0.3 is 5.11 Å². The van der Waals surface area contributed by atoms with Crippen molar-refractivity contribution in [1.82, 2.24) is 14.8 Å². The van der Waals surface area contributed by atoms with Gasteiger partial charge in [0, 0.05) is 6.54 Å². The van der Waals surface area contributed by atoms with E-state index in [9.17, 15) is 13.5 Å². The number of nitrogens with one attached hydrogen (secondary N) is 3. The highest BCUT2D eigenvalue weighted by Crippen LogP contribution is 2.35. The van der Waals surface area contributed by atoms with Gasteiger partial charge in [0.25, 0.3) is 10.2 Å². The molecule has 0 bridgehead atoms. The third kappa shape index (κ3) is 3.64. The molecule has 1 aliphatic heterocycles. The molecule has 0 radical (unpaired) electrons. The van der Waals surface area contributed by atoms with Gasteiger partial charge in [-0.15, -0.1) is 0 Å². The van der Waals surface area contributed by atoms with Gasteiger partial charge in [-0.3, -0.25) is 5.32 Å². The molecule has 4 N–H and O–H groups in total. The molecule has 1 aliphatic carbocycles. The summed E-state index contributed by atoms with van der Waals surface area (Å²) in [6, 6.07) is -0.424. The van der Waals surface area contributed by atoms with E-state index in [0.717, 1.165) is 18.8 Å². The fourth-order valence-electron chi connectivity index (χ4n) is 2.65. The van der Waals surface area contributed by atoms with E-state index in [4.69, 9.17) is 0 Å². The molecule has 0 spiro atoms. The Hall–Kier alpha value is -0.210. The molecule has 106 valence electrons. The van der Waals surface area contributed by atoms with Crippen LogP contribution in [0.5, 0.6) is 0 Å². The molecule has 7 heteroatoms. The summed E-state index contributed by atoms with van der Waals surface area (Å²) < 4.78 is 28.6. The Morgan fingerprint density at radius 1 is 1.33 bits per heavy atom. The molecule has 2 fully saturated rings. The predicted octanol–water partition coefficient (Wildman–Crippen LogP) is -0.473. The smallest absolute Gasteiger partial charge is 0.277 e. The molecule has 1 saturated carbocycles. The molecule has 1 unspecified atom stereocenters. The van der Waals surface area contributed by atoms with Gasteiger partial charge >= 0.3 is 0 Å². The highest BCUT2D eigenvalue weighted by molar-refractivity contribution is 7.87. The topological polar surface area (TPSA) is 90.5 Å². The van der Waals surface area contributed by atoms with E-state index in [1.54, 1.807) is 0 Å². The van der Waals surface area contributed by atoms with Crippen LogP contribution in [0.3, 0.4) is 0 Å². The molecular weight excluding hydrogens is 254 g/mol. The van der Waals surface area contributed by atoms with Crippen molar-refractivity contribution in [1.29, 1.82) is 0 Å². The standard InChI is InChI=1S/C11H23N3O3S/c1-2-8-5-9(6-8)7-13-18(16,17)14-10-3-4-12-11(10)15/h8-15H,2-7H2,1H3/t8-,9-,10-,11?/m1/s1. The first kappa shape index (κ1) is 14.2. The van der Waals surface area contributed by atoms with Crippen molar-refractivity contribution >= 4 is 10.2 Å². The molecule has 0 amide bonds. The van der Waals surface area contributed by atoms with Crippen molar-refractivity contribution in [3.05, 3.63) is 0 Å². The molecule has 0 aromatic heterocycles. The van der Waals surface area contributed by atoms with Crippen LogP contribution in [0.4, 0.5) is 0 Å². The van der Waals surface area contributed by atoms with Crippen molar-refractivity contribution in [2.75, 3.05) is 13.1 Å². The third-order valence-electron chi connectivity index (χ3n) is 3.97. The van der Waals surface area contributed by atoms with E-state index in [0.29, 0.717) is 25.4 Å². The predicted molar refractivity (Wildman–Crippen MR) is 69.0 cm³/mol. The Kier molecular flexibility index (Phi) is 4.60. The maximum Gasteiger partial charge on any atom is 0.277 e. The molecule has 2 aliphatic rings. The largest absolute Gasteiger partial charge is 0.377 e.